The van der Waals surface area contributed by atoms with Gasteiger partial charge in [0.2, 0.25) is 0 Å². The standard InChI is InChI=1S/C15H18F3N3/c1-11(7-19-2)13-5-3-12(4-6-13)9-21-10-14(8-20-21)15(16,17)18/h3-6,8,10-11,19H,7,9H2,1-2H3. The summed E-state index contributed by atoms with van der Waals surface area (Å²) in [5.74, 6) is 0.394. The zero-order valence-corrected chi connectivity index (χ0v) is 12.0. The van der Waals surface area contributed by atoms with Gasteiger partial charge < -0.3 is 5.32 Å². The zero-order chi connectivity index (χ0) is 15.5. The molecule has 0 aliphatic carbocycles. The Morgan fingerprint density at radius 2 is 1.90 bits per heavy atom. The number of likely N-dealkylation sites (N-methyl/N-ethyl adjacent to an activating group) is 1. The van der Waals surface area contributed by atoms with Gasteiger partial charge in [0.1, 0.15) is 0 Å². The summed E-state index contributed by atoms with van der Waals surface area (Å²) in [5.41, 5.74) is 1.40. The number of nitrogens with one attached hydrogen (secondary N) is 1. The van der Waals surface area contributed by atoms with E-state index in [0.717, 1.165) is 24.5 Å². The Morgan fingerprint density at radius 3 is 2.43 bits per heavy atom. The van der Waals surface area contributed by atoms with Crippen molar-refractivity contribution < 1.29 is 13.2 Å². The van der Waals surface area contributed by atoms with Crippen molar-refractivity contribution in [2.45, 2.75) is 25.6 Å². The lowest BCUT2D eigenvalue weighted by Crippen LogP contribution is -2.14. The van der Waals surface area contributed by atoms with E-state index in [1.807, 2.05) is 31.3 Å². The van der Waals surface area contributed by atoms with E-state index in [9.17, 15) is 13.2 Å². The van der Waals surface area contributed by atoms with Crippen LogP contribution in [0.2, 0.25) is 0 Å². The average molecular weight is 297 g/mol. The molecule has 0 fully saturated rings. The lowest BCUT2D eigenvalue weighted by molar-refractivity contribution is -0.137. The number of hydrogen-bond acceptors (Lipinski definition) is 2. The van der Waals surface area contributed by atoms with Crippen molar-refractivity contribution in [3.8, 4) is 0 Å². The highest BCUT2D eigenvalue weighted by molar-refractivity contribution is 5.25. The second-order valence-electron chi connectivity index (χ2n) is 5.12. The first-order valence-electron chi connectivity index (χ1n) is 6.73. The van der Waals surface area contributed by atoms with Crippen LogP contribution in [0.3, 0.4) is 0 Å². The summed E-state index contributed by atoms with van der Waals surface area (Å²) in [5, 5.41) is 6.87. The fourth-order valence-corrected chi connectivity index (χ4v) is 2.16. The van der Waals surface area contributed by atoms with Crippen LogP contribution in [0.1, 0.15) is 29.5 Å². The molecule has 0 aliphatic heterocycles. The van der Waals surface area contributed by atoms with Crippen LogP contribution < -0.4 is 5.32 Å². The maximum absolute atomic E-state index is 12.5. The van der Waals surface area contributed by atoms with Gasteiger partial charge >= 0.3 is 6.18 Å². The molecule has 3 nitrogen and oxygen atoms in total. The quantitative estimate of drug-likeness (QED) is 0.918. The predicted octanol–water partition coefficient (Wildman–Crippen LogP) is 3.27. The van der Waals surface area contributed by atoms with E-state index < -0.39 is 11.7 Å². The first-order valence-corrected chi connectivity index (χ1v) is 6.73. The monoisotopic (exact) mass is 297 g/mol. The van der Waals surface area contributed by atoms with E-state index in [2.05, 4.69) is 17.3 Å². The molecule has 0 spiro atoms. The normalized spacial score (nSPS) is 13.4. The van der Waals surface area contributed by atoms with Gasteiger partial charge in [0.05, 0.1) is 18.3 Å². The Labute approximate surface area is 121 Å². The van der Waals surface area contributed by atoms with E-state index in [-0.39, 0.29) is 0 Å². The lowest BCUT2D eigenvalue weighted by atomic mass is 10.00. The minimum Gasteiger partial charge on any atom is -0.319 e. The highest BCUT2D eigenvalue weighted by Gasteiger charge is 2.32. The Balaban J connectivity index is 2.05. The number of alkyl halides is 3. The molecule has 6 heteroatoms. The molecule has 0 saturated heterocycles. The van der Waals surface area contributed by atoms with Gasteiger partial charge in [-0.2, -0.15) is 18.3 Å². The average Bonchev–Trinajstić information content (AvgIpc) is 2.88. The zero-order valence-electron chi connectivity index (χ0n) is 12.0. The Morgan fingerprint density at radius 1 is 1.24 bits per heavy atom. The summed E-state index contributed by atoms with van der Waals surface area (Å²) in [7, 11) is 1.90. The van der Waals surface area contributed by atoms with Gasteiger partial charge in [-0.05, 0) is 24.1 Å². The third-order valence-corrected chi connectivity index (χ3v) is 3.36. The van der Waals surface area contributed by atoms with Gasteiger partial charge in [0, 0.05) is 12.7 Å². The molecule has 1 unspecified atom stereocenters. The van der Waals surface area contributed by atoms with Crippen LogP contribution in [0.4, 0.5) is 13.2 Å². The minimum absolute atomic E-state index is 0.330. The fraction of sp³-hybridized carbons (Fsp3) is 0.400. The molecule has 114 valence electrons. The van der Waals surface area contributed by atoms with Crippen molar-refractivity contribution >= 4 is 0 Å². The molecule has 0 bridgehead atoms. The smallest absolute Gasteiger partial charge is 0.319 e. The van der Waals surface area contributed by atoms with Gasteiger partial charge in [-0.15, -0.1) is 0 Å². The third kappa shape index (κ3) is 4.07. The highest BCUT2D eigenvalue weighted by Crippen LogP contribution is 2.28. The van der Waals surface area contributed by atoms with E-state index in [1.165, 1.54) is 10.2 Å². The summed E-state index contributed by atoms with van der Waals surface area (Å²) < 4.78 is 38.8. The van der Waals surface area contributed by atoms with Gasteiger partial charge in [-0.1, -0.05) is 31.2 Å². The maximum atomic E-state index is 12.5. The number of nitrogens with zero attached hydrogens (tertiary/aromatic N) is 2. The lowest BCUT2D eigenvalue weighted by Gasteiger charge is -2.11. The Bertz CT molecular complexity index is 573. The molecule has 2 aromatic rings. The van der Waals surface area contributed by atoms with E-state index in [4.69, 9.17) is 0 Å². The summed E-state index contributed by atoms with van der Waals surface area (Å²) in [6.45, 7) is 3.33. The highest BCUT2D eigenvalue weighted by atomic mass is 19.4. The van der Waals surface area contributed by atoms with Crippen molar-refractivity contribution in [2.75, 3.05) is 13.6 Å². The molecular formula is C15H18F3N3. The molecule has 1 N–H and O–H groups in total. The summed E-state index contributed by atoms with van der Waals surface area (Å²) in [6.07, 6.45) is -2.47. The molecule has 2 rings (SSSR count). The van der Waals surface area contributed by atoms with Crippen LogP contribution in [-0.2, 0) is 12.7 Å². The second kappa shape index (κ2) is 6.30. The van der Waals surface area contributed by atoms with Crippen LogP contribution in [0.15, 0.2) is 36.7 Å². The SMILES string of the molecule is CNCC(C)c1ccc(Cn2cc(C(F)(F)F)cn2)cc1. The summed E-state index contributed by atoms with van der Waals surface area (Å²) >= 11 is 0. The Kier molecular flexibility index (Phi) is 4.67. The number of rotatable bonds is 5. The second-order valence-corrected chi connectivity index (χ2v) is 5.12. The molecule has 1 atom stereocenters. The van der Waals surface area contributed by atoms with Gasteiger partial charge in [-0.3, -0.25) is 4.68 Å². The molecular weight excluding hydrogens is 279 g/mol. The molecule has 1 heterocycles. The van der Waals surface area contributed by atoms with Crippen LogP contribution >= 0.6 is 0 Å². The third-order valence-electron chi connectivity index (χ3n) is 3.36. The van der Waals surface area contributed by atoms with E-state index in [1.54, 1.807) is 0 Å². The van der Waals surface area contributed by atoms with Crippen LogP contribution in [-0.4, -0.2) is 23.4 Å². The minimum atomic E-state index is -4.34. The van der Waals surface area contributed by atoms with E-state index >= 15 is 0 Å². The molecule has 21 heavy (non-hydrogen) atoms. The fourth-order valence-electron chi connectivity index (χ4n) is 2.16. The molecule has 0 saturated carbocycles. The number of aromatic nitrogens is 2. The molecule has 0 amide bonds. The summed E-state index contributed by atoms with van der Waals surface area (Å²) in [4.78, 5) is 0. The van der Waals surface area contributed by atoms with Gasteiger partial charge in [0.25, 0.3) is 0 Å². The Hall–Kier alpha value is -1.82. The molecule has 1 aromatic heterocycles. The van der Waals surface area contributed by atoms with Crippen molar-refractivity contribution in [2.24, 2.45) is 0 Å². The first-order chi connectivity index (χ1) is 9.90. The topological polar surface area (TPSA) is 29.9 Å². The van der Waals surface area contributed by atoms with Gasteiger partial charge in [-0.25, -0.2) is 0 Å². The number of halogens is 3. The van der Waals surface area contributed by atoms with Crippen molar-refractivity contribution in [3.05, 3.63) is 53.3 Å². The molecule has 1 aromatic carbocycles. The molecule has 0 radical (unpaired) electrons. The van der Waals surface area contributed by atoms with Crippen LogP contribution in [0.25, 0.3) is 0 Å². The number of hydrogen-bond donors (Lipinski definition) is 1. The van der Waals surface area contributed by atoms with E-state index in [0.29, 0.717) is 12.5 Å². The first kappa shape index (κ1) is 15.6. The summed E-state index contributed by atoms with van der Waals surface area (Å²) in [6, 6.07) is 7.86. The predicted molar refractivity (Wildman–Crippen MR) is 75.1 cm³/mol. The van der Waals surface area contributed by atoms with Crippen molar-refractivity contribution in [1.29, 1.82) is 0 Å². The van der Waals surface area contributed by atoms with Crippen molar-refractivity contribution in [3.63, 3.8) is 0 Å². The maximum Gasteiger partial charge on any atom is 0.419 e. The number of benzene rings is 1. The van der Waals surface area contributed by atoms with Crippen molar-refractivity contribution in [1.82, 2.24) is 15.1 Å². The largest absolute Gasteiger partial charge is 0.419 e. The van der Waals surface area contributed by atoms with Crippen LogP contribution in [0.5, 0.6) is 0 Å². The van der Waals surface area contributed by atoms with Crippen LogP contribution in [0, 0.1) is 0 Å². The van der Waals surface area contributed by atoms with Gasteiger partial charge in [0.15, 0.2) is 0 Å². The molecule has 0 aliphatic rings.